The summed E-state index contributed by atoms with van der Waals surface area (Å²) in [6.45, 7) is 0. The van der Waals surface area contributed by atoms with Crippen molar-refractivity contribution in [3.63, 3.8) is 0 Å². The third-order valence-corrected chi connectivity index (χ3v) is 3.96. The molecule has 1 heterocycles. The monoisotopic (exact) mass is 319 g/mol. The second kappa shape index (κ2) is 7.46. The molecule has 1 unspecified atom stereocenters. The van der Waals surface area contributed by atoms with E-state index in [1.54, 1.807) is 18.2 Å². The molecular weight excluding hydrogens is 302 g/mol. The van der Waals surface area contributed by atoms with E-state index >= 15 is 0 Å². The summed E-state index contributed by atoms with van der Waals surface area (Å²) in [4.78, 5) is 24.2. The number of thiophene rings is 1. The van der Waals surface area contributed by atoms with E-state index in [4.69, 9.17) is 10.5 Å². The number of benzene rings is 1. The summed E-state index contributed by atoms with van der Waals surface area (Å²) >= 11 is 1.45. The maximum Gasteiger partial charge on any atom is 0.312 e. The van der Waals surface area contributed by atoms with Crippen LogP contribution in [0.4, 0.5) is 10.5 Å². The first kappa shape index (κ1) is 15.8. The smallest absolute Gasteiger partial charge is 0.312 e. The van der Waals surface area contributed by atoms with E-state index in [2.05, 4.69) is 10.6 Å². The molecule has 4 N–H and O–H groups in total. The molecule has 1 aromatic carbocycles. The molecule has 116 valence electrons. The van der Waals surface area contributed by atoms with Crippen LogP contribution < -0.4 is 21.1 Å². The Labute approximate surface area is 132 Å². The number of amides is 3. The van der Waals surface area contributed by atoms with Gasteiger partial charge < -0.3 is 21.1 Å². The normalized spacial score (nSPS) is 11.5. The second-order valence-electron chi connectivity index (χ2n) is 4.53. The predicted molar refractivity (Wildman–Crippen MR) is 86.0 cm³/mol. The Morgan fingerprint density at radius 1 is 1.27 bits per heavy atom. The molecule has 2 rings (SSSR count). The van der Waals surface area contributed by atoms with Crippen molar-refractivity contribution >= 4 is 29.0 Å². The first-order valence-corrected chi connectivity index (χ1v) is 7.50. The molecule has 3 amide bonds. The second-order valence-corrected chi connectivity index (χ2v) is 5.51. The Kier molecular flexibility index (Phi) is 5.37. The largest absolute Gasteiger partial charge is 0.495 e. The van der Waals surface area contributed by atoms with Crippen LogP contribution in [-0.2, 0) is 4.79 Å². The number of para-hydroxylation sites is 2. The predicted octanol–water partition coefficient (Wildman–Crippen LogP) is 2.49. The number of hydrogen-bond acceptors (Lipinski definition) is 4. The van der Waals surface area contributed by atoms with Gasteiger partial charge in [0.15, 0.2) is 0 Å². The molecule has 0 saturated carbocycles. The SMILES string of the molecule is COc1ccccc1NC(=O)CC(NC(N)=O)c1cccs1. The first-order chi connectivity index (χ1) is 10.6. The molecule has 22 heavy (non-hydrogen) atoms. The molecule has 0 spiro atoms. The highest BCUT2D eigenvalue weighted by molar-refractivity contribution is 7.10. The minimum atomic E-state index is -0.663. The number of urea groups is 1. The van der Waals surface area contributed by atoms with E-state index in [1.807, 2.05) is 23.6 Å². The molecule has 2 aromatic rings. The van der Waals surface area contributed by atoms with Crippen LogP contribution in [0.2, 0.25) is 0 Å². The average Bonchev–Trinajstić information content (AvgIpc) is 3.01. The Hall–Kier alpha value is -2.54. The van der Waals surface area contributed by atoms with Crippen molar-refractivity contribution in [3.05, 3.63) is 46.7 Å². The summed E-state index contributed by atoms with van der Waals surface area (Å²) in [5, 5.41) is 7.24. The van der Waals surface area contributed by atoms with E-state index in [0.717, 1.165) is 4.88 Å². The van der Waals surface area contributed by atoms with Gasteiger partial charge in [-0.2, -0.15) is 0 Å². The van der Waals surface area contributed by atoms with Gasteiger partial charge in [-0.3, -0.25) is 4.79 Å². The van der Waals surface area contributed by atoms with E-state index in [9.17, 15) is 9.59 Å². The highest BCUT2D eigenvalue weighted by Gasteiger charge is 2.19. The zero-order valence-electron chi connectivity index (χ0n) is 12.0. The highest BCUT2D eigenvalue weighted by Crippen LogP contribution is 2.25. The van der Waals surface area contributed by atoms with Gasteiger partial charge in [0.1, 0.15) is 5.75 Å². The number of methoxy groups -OCH3 is 1. The number of ether oxygens (including phenoxy) is 1. The van der Waals surface area contributed by atoms with Crippen LogP contribution in [0, 0.1) is 0 Å². The zero-order valence-corrected chi connectivity index (χ0v) is 12.9. The van der Waals surface area contributed by atoms with Crippen molar-refractivity contribution in [2.75, 3.05) is 12.4 Å². The summed E-state index contributed by atoms with van der Waals surface area (Å²) in [5.74, 6) is 0.336. The fourth-order valence-electron chi connectivity index (χ4n) is 2.02. The molecule has 0 aliphatic carbocycles. The number of carbonyl (C=O) groups is 2. The highest BCUT2D eigenvalue weighted by atomic mass is 32.1. The summed E-state index contributed by atoms with van der Waals surface area (Å²) in [5.41, 5.74) is 5.76. The van der Waals surface area contributed by atoms with Gasteiger partial charge in [0.2, 0.25) is 5.91 Å². The Bertz CT molecular complexity index is 643. The van der Waals surface area contributed by atoms with Gasteiger partial charge in [-0.25, -0.2) is 4.79 Å². The van der Waals surface area contributed by atoms with Gasteiger partial charge in [0, 0.05) is 4.88 Å². The molecule has 0 saturated heterocycles. The van der Waals surface area contributed by atoms with Gasteiger partial charge in [0.25, 0.3) is 0 Å². The van der Waals surface area contributed by atoms with Crippen LogP contribution in [-0.4, -0.2) is 19.0 Å². The van der Waals surface area contributed by atoms with E-state index in [-0.39, 0.29) is 12.3 Å². The van der Waals surface area contributed by atoms with Gasteiger partial charge in [-0.15, -0.1) is 11.3 Å². The molecule has 6 nitrogen and oxygen atoms in total. The number of nitrogens with two attached hydrogens (primary N) is 1. The topological polar surface area (TPSA) is 93.4 Å². The third kappa shape index (κ3) is 4.23. The minimum absolute atomic E-state index is 0.0848. The van der Waals surface area contributed by atoms with Crippen molar-refractivity contribution in [2.24, 2.45) is 5.73 Å². The Morgan fingerprint density at radius 2 is 2.05 bits per heavy atom. The van der Waals surface area contributed by atoms with Crippen LogP contribution in [0.5, 0.6) is 5.75 Å². The molecule has 0 aliphatic rings. The van der Waals surface area contributed by atoms with Gasteiger partial charge in [-0.05, 0) is 23.6 Å². The molecule has 0 radical (unpaired) electrons. The van der Waals surface area contributed by atoms with Crippen LogP contribution in [0.15, 0.2) is 41.8 Å². The van der Waals surface area contributed by atoms with E-state index in [1.165, 1.54) is 18.4 Å². The van der Waals surface area contributed by atoms with Crippen molar-refractivity contribution in [2.45, 2.75) is 12.5 Å². The fourth-order valence-corrected chi connectivity index (χ4v) is 2.80. The first-order valence-electron chi connectivity index (χ1n) is 6.62. The van der Waals surface area contributed by atoms with Crippen LogP contribution in [0.25, 0.3) is 0 Å². The lowest BCUT2D eigenvalue weighted by Crippen LogP contribution is -2.34. The number of hydrogen-bond donors (Lipinski definition) is 3. The number of rotatable bonds is 6. The summed E-state index contributed by atoms with van der Waals surface area (Å²) < 4.78 is 5.19. The van der Waals surface area contributed by atoms with E-state index in [0.29, 0.717) is 11.4 Å². The Balaban J connectivity index is 2.06. The lowest BCUT2D eigenvalue weighted by molar-refractivity contribution is -0.116. The average molecular weight is 319 g/mol. The van der Waals surface area contributed by atoms with Crippen molar-refractivity contribution < 1.29 is 14.3 Å². The zero-order chi connectivity index (χ0) is 15.9. The quantitative estimate of drug-likeness (QED) is 0.763. The number of carbonyl (C=O) groups excluding carboxylic acids is 2. The van der Waals surface area contributed by atoms with Gasteiger partial charge >= 0.3 is 6.03 Å². The number of anilines is 1. The molecular formula is C15H17N3O3S. The summed E-state index contributed by atoms with van der Waals surface area (Å²) in [6, 6.07) is 9.71. The summed E-state index contributed by atoms with van der Waals surface area (Å²) in [7, 11) is 1.54. The van der Waals surface area contributed by atoms with Crippen molar-refractivity contribution in [3.8, 4) is 5.75 Å². The fraction of sp³-hybridized carbons (Fsp3) is 0.200. The lowest BCUT2D eigenvalue weighted by Gasteiger charge is -2.16. The van der Waals surface area contributed by atoms with Crippen LogP contribution >= 0.6 is 11.3 Å². The van der Waals surface area contributed by atoms with Crippen LogP contribution in [0.3, 0.4) is 0 Å². The molecule has 7 heteroatoms. The minimum Gasteiger partial charge on any atom is -0.495 e. The molecule has 0 aliphatic heterocycles. The van der Waals surface area contributed by atoms with Crippen molar-refractivity contribution in [1.29, 1.82) is 0 Å². The summed E-state index contributed by atoms with van der Waals surface area (Å²) in [6.07, 6.45) is 0.0848. The Morgan fingerprint density at radius 3 is 2.68 bits per heavy atom. The molecule has 1 aromatic heterocycles. The van der Waals surface area contributed by atoms with Gasteiger partial charge in [0.05, 0.1) is 25.3 Å². The lowest BCUT2D eigenvalue weighted by atomic mass is 10.1. The van der Waals surface area contributed by atoms with E-state index < -0.39 is 12.1 Å². The van der Waals surface area contributed by atoms with Gasteiger partial charge in [-0.1, -0.05) is 18.2 Å². The molecule has 1 atom stereocenters. The van der Waals surface area contributed by atoms with Crippen LogP contribution in [0.1, 0.15) is 17.3 Å². The number of nitrogens with one attached hydrogen (secondary N) is 2. The maximum absolute atomic E-state index is 12.2. The number of primary amides is 1. The maximum atomic E-state index is 12.2. The molecule has 0 fully saturated rings. The molecule has 0 bridgehead atoms. The standard InChI is InChI=1S/C15H17N3O3S/c1-21-12-6-3-2-5-10(12)17-14(19)9-11(18-15(16)20)13-7-4-8-22-13/h2-8,11H,9H2,1H3,(H,17,19)(H3,16,18,20). The third-order valence-electron chi connectivity index (χ3n) is 2.97. The van der Waals surface area contributed by atoms with Crippen molar-refractivity contribution in [1.82, 2.24) is 5.32 Å².